The molecule has 2 aromatic carbocycles. The van der Waals surface area contributed by atoms with Crippen LogP contribution in [0.25, 0.3) is 11.1 Å². The SMILES string of the molecule is O=C(OCC1c2ccccc2-c2ccccc21)N1C[C@@H](O)[C@](O)(C(=O)O)C1. The van der Waals surface area contributed by atoms with Crippen molar-refractivity contribution in [3.63, 3.8) is 0 Å². The van der Waals surface area contributed by atoms with Crippen molar-refractivity contribution < 1.29 is 29.6 Å². The molecule has 0 bridgehead atoms. The minimum Gasteiger partial charge on any atom is -0.479 e. The van der Waals surface area contributed by atoms with E-state index in [9.17, 15) is 19.8 Å². The number of aliphatic hydroxyl groups is 2. The number of nitrogens with zero attached hydrogens (tertiary/aromatic N) is 1. The van der Waals surface area contributed by atoms with E-state index in [4.69, 9.17) is 9.84 Å². The van der Waals surface area contributed by atoms with E-state index in [0.29, 0.717) is 0 Å². The summed E-state index contributed by atoms with van der Waals surface area (Å²) in [4.78, 5) is 24.5. The summed E-state index contributed by atoms with van der Waals surface area (Å²) in [5.41, 5.74) is 1.97. The molecule has 0 unspecified atom stereocenters. The van der Waals surface area contributed by atoms with Crippen LogP contribution >= 0.6 is 0 Å². The quantitative estimate of drug-likeness (QED) is 0.756. The van der Waals surface area contributed by atoms with Crippen molar-refractivity contribution in [2.24, 2.45) is 0 Å². The lowest BCUT2D eigenvalue weighted by atomic mass is 9.98. The molecule has 1 fully saturated rings. The van der Waals surface area contributed by atoms with Crippen LogP contribution in [0, 0.1) is 0 Å². The van der Waals surface area contributed by atoms with E-state index in [1.807, 2.05) is 48.5 Å². The number of hydrogen-bond acceptors (Lipinski definition) is 5. The Bertz CT molecular complexity index is 867. The number of fused-ring (bicyclic) bond motifs is 3. The van der Waals surface area contributed by atoms with Gasteiger partial charge >= 0.3 is 12.1 Å². The van der Waals surface area contributed by atoms with Crippen LogP contribution in [0.4, 0.5) is 4.79 Å². The smallest absolute Gasteiger partial charge is 0.409 e. The number of carbonyl (C=O) groups is 2. The largest absolute Gasteiger partial charge is 0.479 e. The zero-order valence-corrected chi connectivity index (χ0v) is 14.4. The number of β-amino-alcohol motifs (C(OH)–C–C–N with tert-alkyl or cyclic N) is 2. The van der Waals surface area contributed by atoms with Crippen LogP contribution in [-0.4, -0.2) is 63.7 Å². The van der Waals surface area contributed by atoms with Crippen molar-refractivity contribution >= 4 is 12.1 Å². The summed E-state index contributed by atoms with van der Waals surface area (Å²) in [6.45, 7) is -0.718. The molecule has 1 aliphatic carbocycles. The summed E-state index contributed by atoms with van der Waals surface area (Å²) in [5, 5.41) is 28.9. The summed E-state index contributed by atoms with van der Waals surface area (Å²) in [6.07, 6.45) is -2.32. The van der Waals surface area contributed by atoms with Crippen molar-refractivity contribution in [2.45, 2.75) is 17.6 Å². The minimum absolute atomic E-state index is 0.0882. The number of carboxylic acids is 1. The molecule has 140 valence electrons. The molecule has 2 aliphatic rings. The molecule has 2 atom stereocenters. The van der Waals surface area contributed by atoms with E-state index in [2.05, 4.69) is 0 Å². The molecule has 1 amide bonds. The number of benzene rings is 2. The molecule has 1 saturated heterocycles. The second-order valence-corrected chi connectivity index (χ2v) is 6.93. The van der Waals surface area contributed by atoms with Gasteiger partial charge in [-0.1, -0.05) is 48.5 Å². The highest BCUT2D eigenvalue weighted by molar-refractivity contribution is 5.81. The molecule has 0 aromatic heterocycles. The molecule has 4 rings (SSSR count). The molecular weight excluding hydrogens is 350 g/mol. The van der Waals surface area contributed by atoms with E-state index in [0.717, 1.165) is 27.2 Å². The Labute approximate surface area is 155 Å². The number of aliphatic hydroxyl groups excluding tert-OH is 1. The van der Waals surface area contributed by atoms with Gasteiger partial charge in [0.2, 0.25) is 5.60 Å². The fourth-order valence-electron chi connectivity index (χ4n) is 3.86. The molecule has 3 N–H and O–H groups in total. The molecule has 0 radical (unpaired) electrons. The van der Waals surface area contributed by atoms with E-state index in [-0.39, 0.29) is 19.1 Å². The first-order valence-corrected chi connectivity index (χ1v) is 8.65. The van der Waals surface area contributed by atoms with Crippen LogP contribution in [0.15, 0.2) is 48.5 Å². The number of carbonyl (C=O) groups excluding carboxylic acids is 1. The van der Waals surface area contributed by atoms with Crippen LogP contribution in [0.1, 0.15) is 17.0 Å². The van der Waals surface area contributed by atoms with Gasteiger partial charge in [0.05, 0.1) is 13.1 Å². The molecule has 1 aliphatic heterocycles. The predicted octanol–water partition coefficient (Wildman–Crippen LogP) is 1.43. The third-order valence-corrected chi connectivity index (χ3v) is 5.34. The first-order chi connectivity index (χ1) is 12.9. The Morgan fingerprint density at radius 1 is 1.07 bits per heavy atom. The lowest BCUT2D eigenvalue weighted by Gasteiger charge is -2.21. The summed E-state index contributed by atoms with van der Waals surface area (Å²) >= 11 is 0. The third kappa shape index (κ3) is 2.75. The first-order valence-electron chi connectivity index (χ1n) is 8.65. The predicted molar refractivity (Wildman–Crippen MR) is 95.2 cm³/mol. The van der Waals surface area contributed by atoms with Gasteiger partial charge in [0.1, 0.15) is 12.7 Å². The molecule has 0 spiro atoms. The Morgan fingerprint density at radius 2 is 1.63 bits per heavy atom. The highest BCUT2D eigenvalue weighted by atomic mass is 16.6. The lowest BCUT2D eigenvalue weighted by molar-refractivity contribution is -0.165. The minimum atomic E-state index is -2.37. The summed E-state index contributed by atoms with van der Waals surface area (Å²) in [7, 11) is 0. The van der Waals surface area contributed by atoms with Gasteiger partial charge in [0, 0.05) is 5.92 Å². The topological polar surface area (TPSA) is 107 Å². The van der Waals surface area contributed by atoms with Gasteiger partial charge < -0.3 is 25.0 Å². The van der Waals surface area contributed by atoms with Gasteiger partial charge in [-0.2, -0.15) is 0 Å². The summed E-state index contributed by atoms with van der Waals surface area (Å²) < 4.78 is 5.42. The lowest BCUT2D eigenvalue weighted by Crippen LogP contribution is -2.49. The monoisotopic (exact) mass is 369 g/mol. The summed E-state index contributed by atoms with van der Waals surface area (Å²) in [6, 6.07) is 15.8. The van der Waals surface area contributed by atoms with Gasteiger partial charge in [0.25, 0.3) is 0 Å². The molecule has 0 saturated carbocycles. The normalized spacial score (nSPS) is 23.8. The maximum atomic E-state index is 12.4. The van der Waals surface area contributed by atoms with Crippen LogP contribution < -0.4 is 0 Å². The Hall–Kier alpha value is -2.90. The number of carboxylic acid groups (broad SMARTS) is 1. The number of hydrogen-bond donors (Lipinski definition) is 3. The van der Waals surface area contributed by atoms with E-state index < -0.39 is 30.3 Å². The molecular formula is C20H19NO6. The van der Waals surface area contributed by atoms with E-state index >= 15 is 0 Å². The van der Waals surface area contributed by atoms with Crippen molar-refractivity contribution in [3.05, 3.63) is 59.7 Å². The number of amides is 1. The van der Waals surface area contributed by atoms with Gasteiger partial charge in [-0.3, -0.25) is 0 Å². The number of rotatable bonds is 3. The Balaban J connectivity index is 1.50. The highest BCUT2D eigenvalue weighted by Crippen LogP contribution is 2.44. The van der Waals surface area contributed by atoms with Crippen molar-refractivity contribution in [3.8, 4) is 11.1 Å². The fourth-order valence-corrected chi connectivity index (χ4v) is 3.86. The van der Waals surface area contributed by atoms with Gasteiger partial charge in [-0.05, 0) is 22.3 Å². The van der Waals surface area contributed by atoms with Gasteiger partial charge in [0.15, 0.2) is 0 Å². The number of ether oxygens (including phenoxy) is 1. The highest BCUT2D eigenvalue weighted by Gasteiger charge is 2.52. The molecule has 1 heterocycles. The van der Waals surface area contributed by atoms with Crippen molar-refractivity contribution in [2.75, 3.05) is 19.7 Å². The molecule has 7 nitrogen and oxygen atoms in total. The van der Waals surface area contributed by atoms with Crippen LogP contribution in [-0.2, 0) is 9.53 Å². The van der Waals surface area contributed by atoms with E-state index in [1.165, 1.54) is 0 Å². The zero-order chi connectivity index (χ0) is 19.2. The summed E-state index contributed by atoms with van der Waals surface area (Å²) in [5.74, 6) is -1.68. The van der Waals surface area contributed by atoms with E-state index in [1.54, 1.807) is 0 Å². The third-order valence-electron chi connectivity index (χ3n) is 5.34. The van der Waals surface area contributed by atoms with Crippen LogP contribution in [0.5, 0.6) is 0 Å². The van der Waals surface area contributed by atoms with Crippen LogP contribution in [0.3, 0.4) is 0 Å². The second-order valence-electron chi connectivity index (χ2n) is 6.93. The molecule has 7 heteroatoms. The molecule has 27 heavy (non-hydrogen) atoms. The second kappa shape index (κ2) is 6.37. The average molecular weight is 369 g/mol. The number of aliphatic carboxylic acids is 1. The standard InChI is InChI=1S/C20H19NO6/c22-17-9-21(11-20(17,26)18(23)24)19(25)27-10-16-14-7-3-1-5-12(14)13-6-2-4-8-15(13)16/h1-8,16-17,22,26H,9-11H2,(H,23,24)/t17-,20+/m1/s1. The maximum absolute atomic E-state index is 12.4. The van der Waals surface area contributed by atoms with Crippen molar-refractivity contribution in [1.29, 1.82) is 0 Å². The van der Waals surface area contributed by atoms with Crippen LogP contribution in [0.2, 0.25) is 0 Å². The fraction of sp³-hybridized carbons (Fsp3) is 0.300. The maximum Gasteiger partial charge on any atom is 0.409 e. The Morgan fingerprint density at radius 3 is 2.15 bits per heavy atom. The molecule has 2 aromatic rings. The number of likely N-dealkylation sites (tertiary alicyclic amines) is 1. The average Bonchev–Trinajstić information content (AvgIpc) is 3.16. The van der Waals surface area contributed by atoms with Gasteiger partial charge in [-0.15, -0.1) is 0 Å². The zero-order valence-electron chi connectivity index (χ0n) is 14.4. The van der Waals surface area contributed by atoms with Crippen molar-refractivity contribution in [1.82, 2.24) is 4.90 Å². The Kier molecular flexibility index (Phi) is 4.13. The first kappa shape index (κ1) is 17.5. The van der Waals surface area contributed by atoms with Gasteiger partial charge in [-0.25, -0.2) is 9.59 Å².